The fourth-order valence-corrected chi connectivity index (χ4v) is 3.03. The number of guanidine groups is 1. The number of nitrogens with zero attached hydrogens (tertiary/aromatic N) is 3. The largest absolute Gasteiger partial charge is 0.496 e. The minimum atomic E-state index is 0.617. The molecule has 0 saturated carbocycles. The highest BCUT2D eigenvalue weighted by Gasteiger charge is 2.05. The van der Waals surface area contributed by atoms with Crippen molar-refractivity contribution in [2.45, 2.75) is 33.5 Å². The van der Waals surface area contributed by atoms with Crippen LogP contribution in [0.3, 0.4) is 0 Å². The van der Waals surface area contributed by atoms with Gasteiger partial charge in [-0.3, -0.25) is 0 Å². The van der Waals surface area contributed by atoms with Gasteiger partial charge in [-0.15, -0.1) is 0 Å². The van der Waals surface area contributed by atoms with Gasteiger partial charge in [0.05, 0.1) is 20.0 Å². The van der Waals surface area contributed by atoms with Crippen LogP contribution in [0, 0.1) is 6.92 Å². The Kier molecular flexibility index (Phi) is 7.28. The van der Waals surface area contributed by atoms with Crippen LogP contribution in [0.1, 0.15) is 29.2 Å². The maximum atomic E-state index is 5.49. The van der Waals surface area contributed by atoms with Gasteiger partial charge in [0.2, 0.25) is 0 Å². The quantitative estimate of drug-likeness (QED) is 0.456. The van der Waals surface area contributed by atoms with Crippen LogP contribution in [0.5, 0.6) is 5.75 Å². The first-order chi connectivity index (χ1) is 14.2. The summed E-state index contributed by atoms with van der Waals surface area (Å²) in [6, 6.07) is 14.8. The second kappa shape index (κ2) is 10.3. The number of aryl methyl sites for hydroxylation is 1. The highest BCUT2D eigenvalue weighted by Crippen LogP contribution is 2.19. The molecule has 0 radical (unpaired) electrons. The van der Waals surface area contributed by atoms with Gasteiger partial charge in [0.25, 0.3) is 0 Å². The lowest BCUT2D eigenvalue weighted by Gasteiger charge is -2.14. The molecule has 29 heavy (non-hydrogen) atoms. The summed E-state index contributed by atoms with van der Waals surface area (Å²) in [4.78, 5) is 8.80. The third-order valence-electron chi connectivity index (χ3n) is 4.60. The first-order valence-corrected chi connectivity index (χ1v) is 9.87. The summed E-state index contributed by atoms with van der Waals surface area (Å²) in [6.07, 6.45) is 5.59. The molecule has 6 heteroatoms. The summed E-state index contributed by atoms with van der Waals surface area (Å²) in [7, 11) is 1.70. The smallest absolute Gasteiger partial charge is 0.191 e. The van der Waals surface area contributed by atoms with Crippen molar-refractivity contribution in [3.8, 4) is 5.75 Å². The maximum Gasteiger partial charge on any atom is 0.191 e. The number of imidazole rings is 1. The van der Waals surface area contributed by atoms with Crippen LogP contribution in [0.15, 0.2) is 66.2 Å². The Balaban J connectivity index is 1.60. The van der Waals surface area contributed by atoms with Gasteiger partial charge < -0.3 is 19.9 Å². The van der Waals surface area contributed by atoms with Gasteiger partial charge in [-0.2, -0.15) is 0 Å². The van der Waals surface area contributed by atoms with Crippen molar-refractivity contribution in [2.24, 2.45) is 4.99 Å². The molecule has 6 nitrogen and oxygen atoms in total. The van der Waals surface area contributed by atoms with E-state index in [-0.39, 0.29) is 0 Å². The highest BCUT2D eigenvalue weighted by atomic mass is 16.5. The molecule has 0 aliphatic carbocycles. The van der Waals surface area contributed by atoms with E-state index >= 15 is 0 Å². The van der Waals surface area contributed by atoms with Crippen LogP contribution in [-0.2, 0) is 19.6 Å². The van der Waals surface area contributed by atoms with E-state index in [9.17, 15) is 0 Å². The van der Waals surface area contributed by atoms with Gasteiger partial charge in [-0.05, 0) is 36.6 Å². The zero-order valence-electron chi connectivity index (χ0n) is 17.4. The Morgan fingerprint density at radius 1 is 1.10 bits per heavy atom. The third kappa shape index (κ3) is 6.10. The minimum absolute atomic E-state index is 0.617. The minimum Gasteiger partial charge on any atom is -0.496 e. The molecule has 0 fully saturated rings. The molecule has 0 saturated heterocycles. The molecule has 0 aliphatic rings. The van der Waals surface area contributed by atoms with E-state index in [1.165, 1.54) is 16.7 Å². The number of methoxy groups -OCH3 is 1. The van der Waals surface area contributed by atoms with E-state index in [4.69, 9.17) is 9.73 Å². The normalized spacial score (nSPS) is 11.3. The van der Waals surface area contributed by atoms with Crippen molar-refractivity contribution in [3.63, 3.8) is 0 Å². The molecule has 1 aromatic heterocycles. The fourth-order valence-electron chi connectivity index (χ4n) is 3.03. The Bertz CT molecular complexity index is 917. The summed E-state index contributed by atoms with van der Waals surface area (Å²) in [5.41, 5.74) is 4.70. The van der Waals surface area contributed by atoms with Crippen LogP contribution in [-0.4, -0.2) is 29.2 Å². The fraction of sp³-hybridized carbons (Fsp3) is 0.304. The van der Waals surface area contributed by atoms with Crippen molar-refractivity contribution < 1.29 is 4.74 Å². The number of hydrogen-bond acceptors (Lipinski definition) is 3. The number of benzene rings is 2. The lowest BCUT2D eigenvalue weighted by atomic mass is 10.1. The standard InChI is InChI=1S/C23H29N5O/c1-4-25-23(27-15-21-10-5-18(2)13-22(21)29-3)26-14-19-6-8-20(9-7-19)16-28-12-11-24-17-28/h5-13,17H,4,14-16H2,1-3H3,(H2,25,26,27). The van der Waals surface area contributed by atoms with Crippen molar-refractivity contribution in [2.75, 3.05) is 13.7 Å². The third-order valence-corrected chi connectivity index (χ3v) is 4.60. The molecule has 2 N–H and O–H groups in total. The molecule has 3 aromatic rings. The molecule has 3 rings (SSSR count). The summed E-state index contributed by atoms with van der Waals surface area (Å²) in [5.74, 6) is 1.68. The van der Waals surface area contributed by atoms with Crippen LogP contribution in [0.25, 0.3) is 0 Å². The Morgan fingerprint density at radius 2 is 1.90 bits per heavy atom. The second-order valence-electron chi connectivity index (χ2n) is 6.92. The number of hydrogen-bond donors (Lipinski definition) is 2. The van der Waals surface area contributed by atoms with Crippen molar-refractivity contribution in [1.29, 1.82) is 0 Å². The second-order valence-corrected chi connectivity index (χ2v) is 6.92. The number of aromatic nitrogens is 2. The van der Waals surface area contributed by atoms with Gasteiger partial charge in [0, 0.05) is 37.6 Å². The molecule has 2 aromatic carbocycles. The van der Waals surface area contributed by atoms with Crippen LogP contribution < -0.4 is 15.4 Å². The molecular formula is C23H29N5O. The molecule has 0 spiro atoms. The van der Waals surface area contributed by atoms with Crippen molar-refractivity contribution >= 4 is 5.96 Å². The highest BCUT2D eigenvalue weighted by molar-refractivity contribution is 5.79. The number of aliphatic imine (C=N–C) groups is 1. The van der Waals surface area contributed by atoms with E-state index in [0.29, 0.717) is 13.1 Å². The average Bonchev–Trinajstić information content (AvgIpc) is 3.25. The van der Waals surface area contributed by atoms with Gasteiger partial charge >= 0.3 is 0 Å². The average molecular weight is 392 g/mol. The number of ether oxygens (including phenoxy) is 1. The monoisotopic (exact) mass is 391 g/mol. The molecular weight excluding hydrogens is 362 g/mol. The van der Waals surface area contributed by atoms with Gasteiger partial charge in [0.1, 0.15) is 5.75 Å². The molecule has 0 atom stereocenters. The summed E-state index contributed by atoms with van der Waals surface area (Å²) in [5, 5.41) is 6.69. The summed E-state index contributed by atoms with van der Waals surface area (Å²) >= 11 is 0. The van der Waals surface area contributed by atoms with Crippen molar-refractivity contribution in [1.82, 2.24) is 20.2 Å². The topological polar surface area (TPSA) is 63.5 Å². The summed E-state index contributed by atoms with van der Waals surface area (Å²) in [6.45, 7) is 7.03. The van der Waals surface area contributed by atoms with Gasteiger partial charge in [-0.25, -0.2) is 9.98 Å². The Hall–Kier alpha value is -3.28. The summed E-state index contributed by atoms with van der Waals surface area (Å²) < 4.78 is 7.55. The maximum absolute atomic E-state index is 5.49. The zero-order chi connectivity index (χ0) is 20.5. The Morgan fingerprint density at radius 3 is 2.59 bits per heavy atom. The van der Waals surface area contributed by atoms with E-state index in [0.717, 1.165) is 30.4 Å². The molecule has 0 amide bonds. The molecule has 152 valence electrons. The molecule has 1 heterocycles. The van der Waals surface area contributed by atoms with Crippen LogP contribution in [0.4, 0.5) is 0 Å². The van der Waals surface area contributed by atoms with E-state index in [2.05, 4.69) is 70.4 Å². The first kappa shape index (κ1) is 20.5. The van der Waals surface area contributed by atoms with Gasteiger partial charge in [0.15, 0.2) is 5.96 Å². The predicted molar refractivity (Wildman–Crippen MR) is 117 cm³/mol. The van der Waals surface area contributed by atoms with E-state index < -0.39 is 0 Å². The Labute approximate surface area is 172 Å². The first-order valence-electron chi connectivity index (χ1n) is 9.87. The van der Waals surface area contributed by atoms with E-state index in [1.807, 2.05) is 18.6 Å². The van der Waals surface area contributed by atoms with Crippen LogP contribution >= 0.6 is 0 Å². The molecule has 0 aliphatic heterocycles. The zero-order valence-corrected chi connectivity index (χ0v) is 17.4. The molecule has 0 bridgehead atoms. The van der Waals surface area contributed by atoms with Gasteiger partial charge in [-0.1, -0.05) is 36.4 Å². The lowest BCUT2D eigenvalue weighted by molar-refractivity contribution is 0.408. The lowest BCUT2D eigenvalue weighted by Crippen LogP contribution is -2.36. The number of rotatable bonds is 8. The van der Waals surface area contributed by atoms with Crippen molar-refractivity contribution in [3.05, 3.63) is 83.4 Å². The molecule has 0 unspecified atom stereocenters. The predicted octanol–water partition coefficient (Wildman–Crippen LogP) is 3.50. The van der Waals surface area contributed by atoms with Crippen LogP contribution in [0.2, 0.25) is 0 Å². The SMILES string of the molecule is CCNC(=NCc1ccc(Cn2ccnc2)cc1)NCc1ccc(C)cc1OC. The van der Waals surface area contributed by atoms with E-state index in [1.54, 1.807) is 13.3 Å². The number of nitrogens with one attached hydrogen (secondary N) is 2.